The van der Waals surface area contributed by atoms with E-state index in [1.54, 1.807) is 26.0 Å². The molecule has 0 saturated carbocycles. The largest absolute Gasteiger partial charge is 0.396 e. The lowest BCUT2D eigenvalue weighted by molar-refractivity contribution is -0.0275. The Morgan fingerprint density at radius 2 is 1.93 bits per heavy atom. The molecule has 1 aromatic carbocycles. The van der Waals surface area contributed by atoms with Crippen LogP contribution in [-0.2, 0) is 5.92 Å². The molecule has 0 heterocycles. The SMILES string of the molecule is Cc1cccc(C(F)(F)CCO)c1C. The minimum absolute atomic E-state index is 0.0200. The molecule has 0 aliphatic carbocycles. The van der Waals surface area contributed by atoms with E-state index in [1.165, 1.54) is 6.07 Å². The zero-order valence-corrected chi connectivity index (χ0v) is 8.35. The Morgan fingerprint density at radius 3 is 2.50 bits per heavy atom. The number of aliphatic hydroxyl groups is 1. The number of alkyl halides is 2. The van der Waals surface area contributed by atoms with Crippen LogP contribution >= 0.6 is 0 Å². The lowest BCUT2D eigenvalue weighted by atomic mass is 9.97. The highest BCUT2D eigenvalue weighted by molar-refractivity contribution is 5.35. The minimum atomic E-state index is -2.93. The van der Waals surface area contributed by atoms with Crippen LogP contribution in [-0.4, -0.2) is 11.7 Å². The molecule has 1 aromatic rings. The maximum absolute atomic E-state index is 13.4. The van der Waals surface area contributed by atoms with Gasteiger partial charge in [-0.25, -0.2) is 8.78 Å². The predicted octanol–water partition coefficient (Wildman–Crippen LogP) is 2.78. The molecule has 0 radical (unpaired) electrons. The maximum atomic E-state index is 13.4. The van der Waals surface area contributed by atoms with E-state index in [1.807, 2.05) is 0 Å². The number of rotatable bonds is 3. The summed E-state index contributed by atoms with van der Waals surface area (Å²) in [6.45, 7) is 2.98. The summed E-state index contributed by atoms with van der Waals surface area (Å²) in [6.07, 6.45) is -0.517. The molecule has 78 valence electrons. The summed E-state index contributed by atoms with van der Waals surface area (Å²) in [5.41, 5.74) is 1.47. The fourth-order valence-electron chi connectivity index (χ4n) is 1.42. The topological polar surface area (TPSA) is 20.2 Å². The molecule has 0 amide bonds. The first-order chi connectivity index (χ1) is 6.49. The first-order valence-electron chi connectivity index (χ1n) is 4.54. The Labute approximate surface area is 82.4 Å². The van der Waals surface area contributed by atoms with Gasteiger partial charge >= 0.3 is 0 Å². The Hall–Kier alpha value is -0.960. The zero-order valence-electron chi connectivity index (χ0n) is 8.35. The highest BCUT2D eigenvalue weighted by atomic mass is 19.3. The zero-order chi connectivity index (χ0) is 10.8. The highest BCUT2D eigenvalue weighted by Gasteiger charge is 2.32. The van der Waals surface area contributed by atoms with Gasteiger partial charge in [0.15, 0.2) is 0 Å². The van der Waals surface area contributed by atoms with Gasteiger partial charge in [0.05, 0.1) is 0 Å². The fraction of sp³-hybridized carbons (Fsp3) is 0.455. The first-order valence-corrected chi connectivity index (χ1v) is 4.54. The Bertz CT molecular complexity index is 321. The Morgan fingerprint density at radius 1 is 1.29 bits per heavy atom. The van der Waals surface area contributed by atoms with Crippen molar-refractivity contribution in [3.05, 3.63) is 34.9 Å². The average Bonchev–Trinajstić information content (AvgIpc) is 2.09. The molecule has 1 nitrogen and oxygen atoms in total. The molecule has 0 spiro atoms. The molecule has 0 atom stereocenters. The summed E-state index contributed by atoms with van der Waals surface area (Å²) < 4.78 is 26.9. The lowest BCUT2D eigenvalue weighted by Gasteiger charge is -2.18. The van der Waals surface area contributed by atoms with Crippen molar-refractivity contribution in [2.75, 3.05) is 6.61 Å². The van der Waals surface area contributed by atoms with Gasteiger partial charge in [-0.05, 0) is 25.0 Å². The molecule has 0 unspecified atom stereocenters. The van der Waals surface area contributed by atoms with Crippen LogP contribution in [0.4, 0.5) is 8.78 Å². The molecule has 0 aromatic heterocycles. The van der Waals surface area contributed by atoms with Crippen LogP contribution in [0.25, 0.3) is 0 Å². The van der Waals surface area contributed by atoms with E-state index in [9.17, 15) is 8.78 Å². The van der Waals surface area contributed by atoms with Crippen LogP contribution < -0.4 is 0 Å². The van der Waals surface area contributed by atoms with E-state index in [0.29, 0.717) is 5.56 Å². The van der Waals surface area contributed by atoms with Gasteiger partial charge in [-0.2, -0.15) is 0 Å². The van der Waals surface area contributed by atoms with Gasteiger partial charge in [-0.1, -0.05) is 18.2 Å². The van der Waals surface area contributed by atoms with Crippen LogP contribution in [0.15, 0.2) is 18.2 Å². The van der Waals surface area contributed by atoms with E-state index in [4.69, 9.17) is 5.11 Å². The normalized spacial score (nSPS) is 11.8. The number of hydrogen-bond donors (Lipinski definition) is 1. The van der Waals surface area contributed by atoms with E-state index < -0.39 is 19.0 Å². The van der Waals surface area contributed by atoms with Gasteiger partial charge in [-0.15, -0.1) is 0 Å². The summed E-state index contributed by atoms with van der Waals surface area (Å²) in [7, 11) is 0. The summed E-state index contributed by atoms with van der Waals surface area (Å²) in [5.74, 6) is -2.93. The maximum Gasteiger partial charge on any atom is 0.275 e. The van der Waals surface area contributed by atoms with Crippen molar-refractivity contribution in [3.8, 4) is 0 Å². The van der Waals surface area contributed by atoms with Crippen LogP contribution in [0.1, 0.15) is 23.1 Å². The number of aryl methyl sites for hydroxylation is 1. The van der Waals surface area contributed by atoms with Crippen molar-refractivity contribution in [2.45, 2.75) is 26.2 Å². The number of aliphatic hydroxyl groups excluding tert-OH is 1. The molecule has 0 aliphatic rings. The smallest absolute Gasteiger partial charge is 0.275 e. The Balaban J connectivity index is 3.12. The summed E-state index contributed by atoms with van der Waals surface area (Å²) >= 11 is 0. The molecular formula is C11H14F2O. The number of hydrogen-bond acceptors (Lipinski definition) is 1. The highest BCUT2D eigenvalue weighted by Crippen LogP contribution is 2.34. The monoisotopic (exact) mass is 200 g/mol. The number of halogens is 2. The molecular weight excluding hydrogens is 186 g/mol. The molecule has 14 heavy (non-hydrogen) atoms. The van der Waals surface area contributed by atoms with Crippen LogP contribution in [0, 0.1) is 13.8 Å². The van der Waals surface area contributed by atoms with E-state index >= 15 is 0 Å². The Kier molecular flexibility index (Phi) is 3.21. The standard InChI is InChI=1S/C11H14F2O/c1-8-4-3-5-10(9(8)2)11(12,13)6-7-14/h3-5,14H,6-7H2,1-2H3. The first kappa shape index (κ1) is 11.1. The van der Waals surface area contributed by atoms with Crippen molar-refractivity contribution in [2.24, 2.45) is 0 Å². The average molecular weight is 200 g/mol. The molecule has 0 aliphatic heterocycles. The van der Waals surface area contributed by atoms with E-state index in [-0.39, 0.29) is 5.56 Å². The predicted molar refractivity (Wildman–Crippen MR) is 51.5 cm³/mol. The second-order valence-electron chi connectivity index (χ2n) is 3.43. The molecule has 0 bridgehead atoms. The second-order valence-corrected chi connectivity index (χ2v) is 3.43. The van der Waals surface area contributed by atoms with Gasteiger partial charge in [0, 0.05) is 18.6 Å². The summed E-state index contributed by atoms with van der Waals surface area (Å²) in [4.78, 5) is 0. The van der Waals surface area contributed by atoms with Gasteiger partial charge in [0.1, 0.15) is 0 Å². The lowest BCUT2D eigenvalue weighted by Crippen LogP contribution is -2.17. The van der Waals surface area contributed by atoms with E-state index in [2.05, 4.69) is 0 Å². The van der Waals surface area contributed by atoms with Crippen molar-refractivity contribution < 1.29 is 13.9 Å². The van der Waals surface area contributed by atoms with E-state index in [0.717, 1.165) is 5.56 Å². The summed E-state index contributed by atoms with van der Waals surface area (Å²) in [5, 5.41) is 8.54. The summed E-state index contributed by atoms with van der Waals surface area (Å²) in [6, 6.07) is 4.83. The van der Waals surface area contributed by atoms with Crippen molar-refractivity contribution in [3.63, 3.8) is 0 Å². The van der Waals surface area contributed by atoms with Crippen LogP contribution in [0.2, 0.25) is 0 Å². The van der Waals surface area contributed by atoms with Gasteiger partial charge < -0.3 is 5.11 Å². The molecule has 1 rings (SSSR count). The van der Waals surface area contributed by atoms with Crippen molar-refractivity contribution in [1.82, 2.24) is 0 Å². The van der Waals surface area contributed by atoms with Gasteiger partial charge in [0.25, 0.3) is 5.92 Å². The van der Waals surface area contributed by atoms with Crippen LogP contribution in [0.3, 0.4) is 0 Å². The van der Waals surface area contributed by atoms with Crippen molar-refractivity contribution in [1.29, 1.82) is 0 Å². The second kappa shape index (κ2) is 4.05. The molecule has 0 fully saturated rings. The molecule has 1 N–H and O–H groups in total. The minimum Gasteiger partial charge on any atom is -0.396 e. The third-order valence-corrected chi connectivity index (χ3v) is 2.42. The quantitative estimate of drug-likeness (QED) is 0.795. The van der Waals surface area contributed by atoms with Crippen LogP contribution in [0.5, 0.6) is 0 Å². The number of benzene rings is 1. The van der Waals surface area contributed by atoms with Crippen molar-refractivity contribution >= 4 is 0 Å². The third kappa shape index (κ3) is 2.10. The fourth-order valence-corrected chi connectivity index (χ4v) is 1.42. The third-order valence-electron chi connectivity index (χ3n) is 2.42. The molecule has 3 heteroatoms. The van der Waals surface area contributed by atoms with Gasteiger partial charge in [0.2, 0.25) is 0 Å². The van der Waals surface area contributed by atoms with Gasteiger partial charge in [-0.3, -0.25) is 0 Å². The molecule has 0 saturated heterocycles.